The Morgan fingerprint density at radius 2 is 1.83 bits per heavy atom. The maximum atomic E-state index is 5.70. The SMILES string of the molecule is C[C@@H](N)COC1CCCCCC1. The van der Waals surface area contributed by atoms with E-state index in [1.165, 1.54) is 38.5 Å². The Labute approximate surface area is 75.5 Å². The second kappa shape index (κ2) is 5.55. The Morgan fingerprint density at radius 1 is 1.25 bits per heavy atom. The summed E-state index contributed by atoms with van der Waals surface area (Å²) in [7, 11) is 0. The quantitative estimate of drug-likeness (QED) is 0.660. The summed E-state index contributed by atoms with van der Waals surface area (Å²) in [5.74, 6) is 0. The molecule has 1 aliphatic carbocycles. The smallest absolute Gasteiger partial charge is 0.0618 e. The lowest BCUT2D eigenvalue weighted by Gasteiger charge is -2.16. The number of ether oxygens (including phenoxy) is 1. The molecule has 12 heavy (non-hydrogen) atoms. The zero-order valence-electron chi connectivity index (χ0n) is 8.09. The van der Waals surface area contributed by atoms with E-state index in [4.69, 9.17) is 10.5 Å². The molecule has 0 bridgehead atoms. The molecule has 0 heterocycles. The number of hydrogen-bond donors (Lipinski definition) is 1. The van der Waals surface area contributed by atoms with Crippen molar-refractivity contribution < 1.29 is 4.74 Å². The van der Waals surface area contributed by atoms with Crippen molar-refractivity contribution in [2.45, 2.75) is 57.6 Å². The zero-order chi connectivity index (χ0) is 8.81. The minimum atomic E-state index is 0.188. The highest BCUT2D eigenvalue weighted by molar-refractivity contribution is 4.64. The van der Waals surface area contributed by atoms with Crippen molar-refractivity contribution >= 4 is 0 Å². The number of rotatable bonds is 3. The van der Waals surface area contributed by atoms with E-state index in [0.29, 0.717) is 6.10 Å². The van der Waals surface area contributed by atoms with E-state index in [1.54, 1.807) is 0 Å². The lowest BCUT2D eigenvalue weighted by Crippen LogP contribution is -2.25. The Hall–Kier alpha value is -0.0800. The van der Waals surface area contributed by atoms with Gasteiger partial charge in [-0.15, -0.1) is 0 Å². The second-order valence-corrected chi connectivity index (χ2v) is 3.92. The molecule has 0 saturated heterocycles. The number of nitrogens with two attached hydrogens (primary N) is 1. The van der Waals surface area contributed by atoms with Gasteiger partial charge in [0.2, 0.25) is 0 Å². The molecule has 0 aromatic heterocycles. The van der Waals surface area contributed by atoms with Gasteiger partial charge in [0, 0.05) is 6.04 Å². The van der Waals surface area contributed by atoms with Gasteiger partial charge in [-0.2, -0.15) is 0 Å². The molecule has 0 radical (unpaired) electrons. The molecule has 0 aromatic rings. The van der Waals surface area contributed by atoms with Gasteiger partial charge in [-0.25, -0.2) is 0 Å². The summed E-state index contributed by atoms with van der Waals surface area (Å²) in [5, 5.41) is 0. The van der Waals surface area contributed by atoms with Crippen molar-refractivity contribution in [3.63, 3.8) is 0 Å². The topological polar surface area (TPSA) is 35.2 Å². The molecule has 0 amide bonds. The molecule has 1 aliphatic rings. The number of hydrogen-bond acceptors (Lipinski definition) is 2. The van der Waals surface area contributed by atoms with Crippen molar-refractivity contribution in [3.05, 3.63) is 0 Å². The van der Waals surface area contributed by atoms with Gasteiger partial charge in [0.25, 0.3) is 0 Å². The first-order valence-electron chi connectivity index (χ1n) is 5.16. The highest BCUT2D eigenvalue weighted by atomic mass is 16.5. The van der Waals surface area contributed by atoms with Crippen molar-refractivity contribution in [1.29, 1.82) is 0 Å². The minimum Gasteiger partial charge on any atom is -0.377 e. The van der Waals surface area contributed by atoms with Crippen LogP contribution in [0.25, 0.3) is 0 Å². The highest BCUT2D eigenvalue weighted by Gasteiger charge is 2.12. The molecular formula is C10H21NO. The van der Waals surface area contributed by atoms with E-state index in [0.717, 1.165) is 6.61 Å². The third kappa shape index (κ3) is 4.07. The fourth-order valence-corrected chi connectivity index (χ4v) is 1.70. The Morgan fingerprint density at radius 3 is 2.33 bits per heavy atom. The molecule has 72 valence electrons. The van der Waals surface area contributed by atoms with Gasteiger partial charge in [0.15, 0.2) is 0 Å². The van der Waals surface area contributed by atoms with Crippen molar-refractivity contribution in [2.24, 2.45) is 5.73 Å². The van der Waals surface area contributed by atoms with E-state index in [-0.39, 0.29) is 6.04 Å². The molecule has 2 N–H and O–H groups in total. The van der Waals surface area contributed by atoms with Gasteiger partial charge >= 0.3 is 0 Å². The van der Waals surface area contributed by atoms with Gasteiger partial charge in [-0.3, -0.25) is 0 Å². The van der Waals surface area contributed by atoms with Gasteiger partial charge in [0.05, 0.1) is 12.7 Å². The van der Waals surface area contributed by atoms with Gasteiger partial charge in [-0.05, 0) is 19.8 Å². The fourth-order valence-electron chi connectivity index (χ4n) is 1.70. The lowest BCUT2D eigenvalue weighted by molar-refractivity contribution is 0.0370. The first-order chi connectivity index (χ1) is 5.79. The van der Waals surface area contributed by atoms with E-state index in [1.807, 2.05) is 6.92 Å². The Balaban J connectivity index is 2.12. The molecule has 0 aromatic carbocycles. The molecule has 2 nitrogen and oxygen atoms in total. The standard InChI is InChI=1S/C10H21NO/c1-9(11)8-12-10-6-4-2-3-5-7-10/h9-10H,2-8,11H2,1H3/t9-/m1/s1. The van der Waals surface area contributed by atoms with Gasteiger partial charge in [-0.1, -0.05) is 25.7 Å². The van der Waals surface area contributed by atoms with E-state index in [2.05, 4.69) is 0 Å². The predicted octanol–water partition coefficient (Wildman–Crippen LogP) is 2.07. The summed E-state index contributed by atoms with van der Waals surface area (Å²) in [5.41, 5.74) is 5.62. The third-order valence-corrected chi connectivity index (χ3v) is 2.40. The summed E-state index contributed by atoms with van der Waals surface area (Å²) >= 11 is 0. The van der Waals surface area contributed by atoms with Crippen LogP contribution in [0.1, 0.15) is 45.4 Å². The van der Waals surface area contributed by atoms with Crippen LogP contribution in [0.3, 0.4) is 0 Å². The normalized spacial score (nSPS) is 23.5. The van der Waals surface area contributed by atoms with Gasteiger partial charge in [0.1, 0.15) is 0 Å². The maximum Gasteiger partial charge on any atom is 0.0618 e. The van der Waals surface area contributed by atoms with Crippen LogP contribution in [0, 0.1) is 0 Å². The summed E-state index contributed by atoms with van der Waals surface area (Å²) in [6.45, 7) is 2.72. The van der Waals surface area contributed by atoms with Crippen LogP contribution in [-0.2, 0) is 4.74 Å². The van der Waals surface area contributed by atoms with Crippen LogP contribution in [0.5, 0.6) is 0 Å². The first kappa shape index (κ1) is 10.0. The van der Waals surface area contributed by atoms with E-state index < -0.39 is 0 Å². The molecule has 1 fully saturated rings. The van der Waals surface area contributed by atoms with Crippen molar-refractivity contribution in [3.8, 4) is 0 Å². The van der Waals surface area contributed by atoms with Crippen LogP contribution in [0.15, 0.2) is 0 Å². The largest absolute Gasteiger partial charge is 0.377 e. The zero-order valence-corrected chi connectivity index (χ0v) is 8.09. The summed E-state index contributed by atoms with van der Waals surface area (Å²) in [6, 6.07) is 0.188. The molecule has 0 spiro atoms. The van der Waals surface area contributed by atoms with Crippen molar-refractivity contribution in [1.82, 2.24) is 0 Å². The van der Waals surface area contributed by atoms with Crippen LogP contribution in [0.2, 0.25) is 0 Å². The Kier molecular flexibility index (Phi) is 4.62. The fraction of sp³-hybridized carbons (Fsp3) is 1.00. The molecule has 1 rings (SSSR count). The first-order valence-corrected chi connectivity index (χ1v) is 5.16. The minimum absolute atomic E-state index is 0.188. The second-order valence-electron chi connectivity index (χ2n) is 3.92. The summed E-state index contributed by atoms with van der Waals surface area (Å²) in [6.07, 6.45) is 8.43. The van der Waals surface area contributed by atoms with E-state index in [9.17, 15) is 0 Å². The highest BCUT2D eigenvalue weighted by Crippen LogP contribution is 2.19. The average molecular weight is 171 g/mol. The average Bonchev–Trinajstić information content (AvgIpc) is 2.28. The summed E-state index contributed by atoms with van der Waals surface area (Å²) in [4.78, 5) is 0. The molecular weight excluding hydrogens is 150 g/mol. The van der Waals surface area contributed by atoms with Crippen LogP contribution < -0.4 is 5.73 Å². The van der Waals surface area contributed by atoms with Crippen molar-refractivity contribution in [2.75, 3.05) is 6.61 Å². The lowest BCUT2D eigenvalue weighted by atomic mass is 10.1. The molecule has 2 heteroatoms. The molecule has 0 aliphatic heterocycles. The molecule has 1 saturated carbocycles. The Bertz CT molecular complexity index is 106. The van der Waals surface area contributed by atoms with Gasteiger partial charge < -0.3 is 10.5 Å². The van der Waals surface area contributed by atoms with Crippen LogP contribution in [-0.4, -0.2) is 18.8 Å². The maximum absolute atomic E-state index is 5.70. The molecule has 1 atom stereocenters. The van der Waals surface area contributed by atoms with E-state index >= 15 is 0 Å². The van der Waals surface area contributed by atoms with Crippen LogP contribution in [0.4, 0.5) is 0 Å². The summed E-state index contributed by atoms with van der Waals surface area (Å²) < 4.78 is 5.70. The van der Waals surface area contributed by atoms with Crippen LogP contribution >= 0.6 is 0 Å². The molecule has 0 unspecified atom stereocenters. The third-order valence-electron chi connectivity index (χ3n) is 2.40. The monoisotopic (exact) mass is 171 g/mol. The predicted molar refractivity (Wildman–Crippen MR) is 51.1 cm³/mol.